The van der Waals surface area contributed by atoms with E-state index in [9.17, 15) is 0 Å². The zero-order valence-corrected chi connectivity index (χ0v) is 12.8. The molecule has 0 N–H and O–H groups in total. The molecule has 0 amide bonds. The van der Waals surface area contributed by atoms with Gasteiger partial charge in [0.1, 0.15) is 0 Å². The van der Waals surface area contributed by atoms with Crippen LogP contribution in [0, 0.1) is 13.8 Å². The fraction of sp³-hybridized carbons (Fsp3) is 0.286. The standard InChI is InChI=1S/C14H15N3S2/c1-4-18-14-16-17-8-12(15-13(17)19-14)11-6-5-9(2)7-10(11)3/h5-8H,4H2,1-3H3. The SMILES string of the molecule is CCSc1nn2cc(-c3ccc(C)cc3C)nc2s1. The van der Waals surface area contributed by atoms with Gasteiger partial charge in [0, 0.05) is 5.56 Å². The van der Waals surface area contributed by atoms with Crippen LogP contribution in [-0.4, -0.2) is 20.4 Å². The maximum atomic E-state index is 4.68. The van der Waals surface area contributed by atoms with E-state index < -0.39 is 0 Å². The Hall–Kier alpha value is -1.33. The Morgan fingerprint density at radius 3 is 2.84 bits per heavy atom. The van der Waals surface area contributed by atoms with E-state index in [1.165, 1.54) is 16.7 Å². The molecule has 0 aliphatic rings. The van der Waals surface area contributed by atoms with Gasteiger partial charge in [0.25, 0.3) is 0 Å². The molecule has 0 unspecified atom stereocenters. The molecule has 3 nitrogen and oxygen atoms in total. The molecule has 0 saturated carbocycles. The van der Waals surface area contributed by atoms with Gasteiger partial charge >= 0.3 is 0 Å². The zero-order valence-electron chi connectivity index (χ0n) is 11.2. The van der Waals surface area contributed by atoms with Crippen LogP contribution >= 0.6 is 23.1 Å². The van der Waals surface area contributed by atoms with Crippen LogP contribution in [0.5, 0.6) is 0 Å². The third kappa shape index (κ3) is 2.40. The van der Waals surface area contributed by atoms with Crippen molar-refractivity contribution < 1.29 is 0 Å². The highest BCUT2D eigenvalue weighted by Crippen LogP contribution is 2.28. The minimum Gasteiger partial charge on any atom is -0.217 e. The number of hydrogen-bond donors (Lipinski definition) is 0. The van der Waals surface area contributed by atoms with Crippen molar-refractivity contribution in [2.75, 3.05) is 5.75 Å². The van der Waals surface area contributed by atoms with E-state index in [1.54, 1.807) is 23.1 Å². The van der Waals surface area contributed by atoms with Crippen LogP contribution in [0.25, 0.3) is 16.2 Å². The number of imidazole rings is 1. The summed E-state index contributed by atoms with van der Waals surface area (Å²) >= 11 is 3.41. The first-order valence-electron chi connectivity index (χ1n) is 6.24. The third-order valence-corrected chi connectivity index (χ3v) is 4.89. The molecular weight excluding hydrogens is 274 g/mol. The number of hydrogen-bond acceptors (Lipinski definition) is 4. The van der Waals surface area contributed by atoms with Crippen LogP contribution in [0.1, 0.15) is 18.1 Å². The highest BCUT2D eigenvalue weighted by molar-refractivity contribution is 8.01. The van der Waals surface area contributed by atoms with E-state index in [4.69, 9.17) is 0 Å². The van der Waals surface area contributed by atoms with Crippen molar-refractivity contribution in [3.05, 3.63) is 35.5 Å². The van der Waals surface area contributed by atoms with Crippen molar-refractivity contribution in [3.63, 3.8) is 0 Å². The molecule has 1 aromatic carbocycles. The molecule has 98 valence electrons. The topological polar surface area (TPSA) is 30.2 Å². The van der Waals surface area contributed by atoms with Gasteiger partial charge in [-0.05, 0) is 25.2 Å². The maximum Gasteiger partial charge on any atom is 0.213 e. The fourth-order valence-electron chi connectivity index (χ4n) is 2.09. The van der Waals surface area contributed by atoms with E-state index in [-0.39, 0.29) is 0 Å². The summed E-state index contributed by atoms with van der Waals surface area (Å²) in [6, 6.07) is 6.45. The van der Waals surface area contributed by atoms with Gasteiger partial charge in [0.15, 0.2) is 4.34 Å². The lowest BCUT2D eigenvalue weighted by molar-refractivity contribution is 0.915. The summed E-state index contributed by atoms with van der Waals surface area (Å²) in [6.45, 7) is 6.37. The molecule has 0 fully saturated rings. The molecule has 2 aromatic heterocycles. The average Bonchev–Trinajstić information content (AvgIpc) is 2.87. The third-order valence-electron chi connectivity index (χ3n) is 2.95. The summed E-state index contributed by atoms with van der Waals surface area (Å²) in [5.74, 6) is 1.04. The number of aromatic nitrogens is 3. The van der Waals surface area contributed by atoms with Crippen LogP contribution in [0.15, 0.2) is 28.7 Å². The van der Waals surface area contributed by atoms with Gasteiger partial charge in [-0.15, -0.1) is 5.10 Å². The zero-order chi connectivity index (χ0) is 13.4. The highest BCUT2D eigenvalue weighted by atomic mass is 32.2. The quantitative estimate of drug-likeness (QED) is 0.677. The van der Waals surface area contributed by atoms with Gasteiger partial charge in [-0.25, -0.2) is 9.50 Å². The Balaban J connectivity index is 2.03. The summed E-state index contributed by atoms with van der Waals surface area (Å²) in [5.41, 5.74) is 4.73. The van der Waals surface area contributed by atoms with Gasteiger partial charge in [-0.1, -0.05) is 53.8 Å². The molecule has 0 radical (unpaired) electrons. The van der Waals surface area contributed by atoms with Crippen molar-refractivity contribution in [1.82, 2.24) is 14.6 Å². The number of rotatable bonds is 3. The number of benzene rings is 1. The Bertz CT molecular complexity index is 696. The molecule has 3 aromatic rings. The largest absolute Gasteiger partial charge is 0.217 e. The molecule has 19 heavy (non-hydrogen) atoms. The van der Waals surface area contributed by atoms with Crippen molar-refractivity contribution in [2.24, 2.45) is 0 Å². The number of fused-ring (bicyclic) bond motifs is 1. The number of thioether (sulfide) groups is 1. The summed E-state index contributed by atoms with van der Waals surface area (Å²) in [4.78, 5) is 5.65. The van der Waals surface area contributed by atoms with Gasteiger partial charge in [0.05, 0.1) is 11.9 Å². The van der Waals surface area contributed by atoms with Crippen molar-refractivity contribution in [1.29, 1.82) is 0 Å². The Morgan fingerprint density at radius 1 is 1.32 bits per heavy atom. The monoisotopic (exact) mass is 289 g/mol. The van der Waals surface area contributed by atoms with Gasteiger partial charge in [-0.2, -0.15) is 0 Å². The fourth-order valence-corrected chi connectivity index (χ4v) is 3.92. The predicted molar refractivity (Wildman–Crippen MR) is 82.2 cm³/mol. The molecule has 0 spiro atoms. The average molecular weight is 289 g/mol. The van der Waals surface area contributed by atoms with Crippen LogP contribution < -0.4 is 0 Å². The summed E-state index contributed by atoms with van der Waals surface area (Å²) in [5, 5.41) is 4.53. The molecule has 5 heteroatoms. The van der Waals surface area contributed by atoms with Gasteiger partial charge in [-0.3, -0.25) is 0 Å². The molecule has 0 bridgehead atoms. The molecule has 0 saturated heterocycles. The second-order valence-electron chi connectivity index (χ2n) is 4.47. The van der Waals surface area contributed by atoms with Crippen LogP contribution in [0.4, 0.5) is 0 Å². The van der Waals surface area contributed by atoms with E-state index in [0.717, 1.165) is 20.7 Å². The van der Waals surface area contributed by atoms with Crippen LogP contribution in [0.2, 0.25) is 0 Å². The van der Waals surface area contributed by atoms with Crippen molar-refractivity contribution >= 4 is 28.1 Å². The molecular formula is C14H15N3S2. The predicted octanol–water partition coefficient (Wildman–Crippen LogP) is 4.19. The first kappa shape index (κ1) is 12.7. The summed E-state index contributed by atoms with van der Waals surface area (Å²) in [7, 11) is 0. The van der Waals surface area contributed by atoms with Crippen molar-refractivity contribution in [3.8, 4) is 11.3 Å². The summed E-state index contributed by atoms with van der Waals surface area (Å²) < 4.78 is 2.97. The smallest absolute Gasteiger partial charge is 0.213 e. The van der Waals surface area contributed by atoms with E-state index in [2.05, 4.69) is 49.1 Å². The van der Waals surface area contributed by atoms with Gasteiger partial charge in [0.2, 0.25) is 4.96 Å². The second-order valence-corrected chi connectivity index (χ2v) is 6.94. The minimum atomic E-state index is 0.964. The highest BCUT2D eigenvalue weighted by Gasteiger charge is 2.11. The molecule has 3 rings (SSSR count). The van der Waals surface area contributed by atoms with E-state index in [0.29, 0.717) is 0 Å². The molecule has 0 aliphatic heterocycles. The Morgan fingerprint density at radius 2 is 2.16 bits per heavy atom. The first-order valence-corrected chi connectivity index (χ1v) is 8.04. The maximum absolute atomic E-state index is 4.68. The molecule has 2 heterocycles. The number of nitrogens with zero attached hydrogens (tertiary/aromatic N) is 3. The number of aryl methyl sites for hydroxylation is 2. The Kier molecular flexibility index (Phi) is 3.33. The van der Waals surface area contributed by atoms with Crippen molar-refractivity contribution in [2.45, 2.75) is 25.1 Å². The first-order chi connectivity index (χ1) is 9.17. The lowest BCUT2D eigenvalue weighted by atomic mass is 10.0. The lowest BCUT2D eigenvalue weighted by Crippen LogP contribution is -1.85. The van der Waals surface area contributed by atoms with Gasteiger partial charge < -0.3 is 0 Å². The molecule has 0 atom stereocenters. The lowest BCUT2D eigenvalue weighted by Gasteiger charge is -2.02. The van der Waals surface area contributed by atoms with Crippen LogP contribution in [-0.2, 0) is 0 Å². The normalized spacial score (nSPS) is 11.3. The second kappa shape index (κ2) is 4.98. The molecule has 0 aliphatic carbocycles. The summed E-state index contributed by atoms with van der Waals surface area (Å²) in [6.07, 6.45) is 2.02. The van der Waals surface area contributed by atoms with E-state index in [1.807, 2.05) is 10.7 Å². The van der Waals surface area contributed by atoms with E-state index >= 15 is 0 Å². The van der Waals surface area contributed by atoms with Crippen LogP contribution in [0.3, 0.4) is 0 Å². The minimum absolute atomic E-state index is 0.964. The Labute approximate surface area is 120 Å².